The molecule has 0 aromatic heterocycles. The molecule has 1 saturated heterocycles. The van der Waals surface area contributed by atoms with Gasteiger partial charge in [0.1, 0.15) is 0 Å². The van der Waals surface area contributed by atoms with E-state index in [9.17, 15) is 0 Å². The van der Waals surface area contributed by atoms with Crippen LogP contribution in [0.15, 0.2) is 89.9 Å². The summed E-state index contributed by atoms with van der Waals surface area (Å²) >= 11 is 0. The highest BCUT2D eigenvalue weighted by Gasteiger charge is 2.40. The number of guanidine groups is 1. The van der Waals surface area contributed by atoms with Gasteiger partial charge in [-0.05, 0) is 41.5 Å². The van der Waals surface area contributed by atoms with Crippen LogP contribution in [-0.4, -0.2) is 16.9 Å². The summed E-state index contributed by atoms with van der Waals surface area (Å²) in [5.41, 5.74) is 11.6. The van der Waals surface area contributed by atoms with Gasteiger partial charge in [-0.25, -0.2) is 4.99 Å². The third-order valence-electron chi connectivity index (χ3n) is 6.14. The fourth-order valence-electron chi connectivity index (χ4n) is 4.74. The third-order valence-corrected chi connectivity index (χ3v) is 6.14. The average Bonchev–Trinajstić information content (AvgIpc) is 3.20. The predicted octanol–water partition coefficient (Wildman–Crippen LogP) is 5.74. The summed E-state index contributed by atoms with van der Waals surface area (Å²) in [4.78, 5) is 7.21. The van der Waals surface area contributed by atoms with E-state index in [-0.39, 0.29) is 18.4 Å². The second-order valence-electron chi connectivity index (χ2n) is 7.79. The zero-order valence-electron chi connectivity index (χ0n) is 16.3. The van der Waals surface area contributed by atoms with Crippen LogP contribution in [0.2, 0.25) is 0 Å². The number of rotatable bonds is 3. The van der Waals surface area contributed by atoms with Crippen molar-refractivity contribution in [3.05, 3.63) is 96.1 Å². The number of nitrogens with two attached hydrogens (primary N) is 1. The van der Waals surface area contributed by atoms with Crippen molar-refractivity contribution in [2.24, 2.45) is 10.7 Å². The Morgan fingerprint density at radius 3 is 2.03 bits per heavy atom. The van der Waals surface area contributed by atoms with Crippen LogP contribution in [0.25, 0.3) is 11.1 Å². The van der Waals surface area contributed by atoms with Crippen molar-refractivity contribution in [3.8, 4) is 11.1 Å². The first kappa shape index (κ1) is 19.5. The summed E-state index contributed by atoms with van der Waals surface area (Å²) in [6, 6.07) is 31.0. The SMILES string of the molecule is Cl.NC1=N[C@@H](c2ccccc2)C[C@H]2CC[C@H](c3ccc(-c4ccccc4)cc3)N12. The van der Waals surface area contributed by atoms with Gasteiger partial charge in [0.2, 0.25) is 0 Å². The Balaban J connectivity index is 0.00000205. The van der Waals surface area contributed by atoms with E-state index in [2.05, 4.69) is 89.8 Å². The van der Waals surface area contributed by atoms with Gasteiger partial charge < -0.3 is 10.6 Å². The second-order valence-corrected chi connectivity index (χ2v) is 7.79. The number of benzene rings is 3. The number of hydrogen-bond donors (Lipinski definition) is 1. The smallest absolute Gasteiger partial charge is 0.192 e. The number of halogens is 1. The van der Waals surface area contributed by atoms with E-state index in [0.29, 0.717) is 18.0 Å². The van der Waals surface area contributed by atoms with Gasteiger partial charge in [-0.2, -0.15) is 0 Å². The third kappa shape index (κ3) is 3.75. The Kier molecular flexibility index (Phi) is 5.59. The Hall–Kier alpha value is -2.78. The molecule has 3 atom stereocenters. The van der Waals surface area contributed by atoms with Crippen molar-refractivity contribution in [1.82, 2.24) is 4.90 Å². The maximum absolute atomic E-state index is 6.47. The van der Waals surface area contributed by atoms with Gasteiger partial charge in [0.05, 0.1) is 12.1 Å². The predicted molar refractivity (Wildman–Crippen MR) is 122 cm³/mol. The first-order valence-corrected chi connectivity index (χ1v) is 10.1. The summed E-state index contributed by atoms with van der Waals surface area (Å²) in [5, 5.41) is 0. The fourth-order valence-corrected chi connectivity index (χ4v) is 4.74. The van der Waals surface area contributed by atoms with E-state index in [1.165, 1.54) is 28.7 Å². The maximum atomic E-state index is 6.47. The summed E-state index contributed by atoms with van der Waals surface area (Å²) < 4.78 is 0. The van der Waals surface area contributed by atoms with Crippen LogP contribution in [0.4, 0.5) is 0 Å². The van der Waals surface area contributed by atoms with E-state index in [1.807, 2.05) is 0 Å². The van der Waals surface area contributed by atoms with Crippen molar-refractivity contribution in [2.45, 2.75) is 37.4 Å². The van der Waals surface area contributed by atoms with Crippen molar-refractivity contribution < 1.29 is 0 Å². The molecule has 2 heterocycles. The lowest BCUT2D eigenvalue weighted by Crippen LogP contribution is -2.45. The van der Waals surface area contributed by atoms with Crippen LogP contribution in [-0.2, 0) is 0 Å². The van der Waals surface area contributed by atoms with E-state index in [1.54, 1.807) is 0 Å². The highest BCUT2D eigenvalue weighted by Crippen LogP contribution is 2.43. The minimum absolute atomic E-state index is 0. The van der Waals surface area contributed by atoms with Crippen molar-refractivity contribution in [3.63, 3.8) is 0 Å². The zero-order valence-corrected chi connectivity index (χ0v) is 17.1. The molecule has 0 aliphatic carbocycles. The van der Waals surface area contributed by atoms with E-state index >= 15 is 0 Å². The van der Waals surface area contributed by atoms with Gasteiger partial charge in [0, 0.05) is 6.04 Å². The molecule has 1 fully saturated rings. The molecule has 0 radical (unpaired) electrons. The molecule has 0 spiro atoms. The van der Waals surface area contributed by atoms with E-state index < -0.39 is 0 Å². The molecule has 0 saturated carbocycles. The molecule has 4 heteroatoms. The summed E-state index contributed by atoms with van der Waals surface area (Å²) in [7, 11) is 0. The monoisotopic (exact) mass is 403 g/mol. The van der Waals surface area contributed by atoms with Crippen molar-refractivity contribution in [1.29, 1.82) is 0 Å². The maximum Gasteiger partial charge on any atom is 0.192 e. The van der Waals surface area contributed by atoms with Crippen LogP contribution in [0.5, 0.6) is 0 Å². The molecule has 0 amide bonds. The number of aliphatic imine (C=N–C) groups is 1. The Morgan fingerprint density at radius 1 is 0.724 bits per heavy atom. The first-order valence-electron chi connectivity index (χ1n) is 10.1. The standard InChI is InChI=1S/C25H25N3.ClH/c26-25-27-23(20-9-5-2-6-10-20)17-22-15-16-24(28(22)25)21-13-11-19(12-14-21)18-7-3-1-4-8-18;/h1-14,22-24H,15-17H2,(H2,26,27);1H/t22-,23-,24-;/m1./s1. The van der Waals surface area contributed by atoms with Crippen molar-refractivity contribution >= 4 is 18.4 Å². The topological polar surface area (TPSA) is 41.6 Å². The molecule has 0 bridgehead atoms. The van der Waals surface area contributed by atoms with Gasteiger partial charge in [0.15, 0.2) is 5.96 Å². The van der Waals surface area contributed by atoms with E-state index in [4.69, 9.17) is 10.7 Å². The average molecular weight is 404 g/mol. The Bertz CT molecular complexity index is 970. The number of hydrogen-bond acceptors (Lipinski definition) is 3. The van der Waals surface area contributed by atoms with Crippen LogP contribution in [0, 0.1) is 0 Å². The molecule has 2 aliphatic rings. The Morgan fingerprint density at radius 2 is 1.34 bits per heavy atom. The van der Waals surface area contributed by atoms with Crippen LogP contribution < -0.4 is 5.73 Å². The summed E-state index contributed by atoms with van der Waals surface area (Å²) in [6.07, 6.45) is 3.35. The molecule has 2 aliphatic heterocycles. The van der Waals surface area contributed by atoms with Crippen molar-refractivity contribution in [2.75, 3.05) is 0 Å². The minimum atomic E-state index is 0. The quantitative estimate of drug-likeness (QED) is 0.605. The molecule has 2 N–H and O–H groups in total. The lowest BCUT2D eigenvalue weighted by molar-refractivity contribution is 0.267. The molecule has 3 aromatic carbocycles. The van der Waals surface area contributed by atoms with Gasteiger partial charge in [-0.1, -0.05) is 84.9 Å². The van der Waals surface area contributed by atoms with Gasteiger partial charge in [0.25, 0.3) is 0 Å². The normalized spacial score (nSPS) is 23.1. The molecule has 0 unspecified atom stereocenters. The summed E-state index contributed by atoms with van der Waals surface area (Å²) in [6.45, 7) is 0. The number of fused-ring (bicyclic) bond motifs is 1. The van der Waals surface area contributed by atoms with Gasteiger partial charge in [-0.3, -0.25) is 0 Å². The first-order chi connectivity index (χ1) is 13.8. The second kappa shape index (κ2) is 8.30. The van der Waals surface area contributed by atoms with Crippen LogP contribution >= 0.6 is 12.4 Å². The Labute approximate surface area is 178 Å². The molecule has 148 valence electrons. The fraction of sp³-hybridized carbons (Fsp3) is 0.240. The largest absolute Gasteiger partial charge is 0.370 e. The lowest BCUT2D eigenvalue weighted by atomic mass is 9.97. The molecular formula is C25H26ClN3. The van der Waals surface area contributed by atoms with Gasteiger partial charge >= 0.3 is 0 Å². The van der Waals surface area contributed by atoms with E-state index in [0.717, 1.165) is 12.8 Å². The lowest BCUT2D eigenvalue weighted by Gasteiger charge is -2.37. The van der Waals surface area contributed by atoms with Crippen LogP contribution in [0.3, 0.4) is 0 Å². The van der Waals surface area contributed by atoms with Crippen LogP contribution in [0.1, 0.15) is 42.5 Å². The molecule has 29 heavy (non-hydrogen) atoms. The highest BCUT2D eigenvalue weighted by atomic mass is 35.5. The van der Waals surface area contributed by atoms with Gasteiger partial charge in [-0.15, -0.1) is 12.4 Å². The molecule has 3 aromatic rings. The zero-order chi connectivity index (χ0) is 18.9. The number of nitrogens with zero attached hydrogens (tertiary/aromatic N) is 2. The molecule has 3 nitrogen and oxygen atoms in total. The minimum Gasteiger partial charge on any atom is -0.370 e. The summed E-state index contributed by atoms with van der Waals surface area (Å²) in [5.74, 6) is 0.694. The molecule has 5 rings (SSSR count). The highest BCUT2D eigenvalue weighted by molar-refractivity contribution is 5.85. The molecular weight excluding hydrogens is 378 g/mol.